The fourth-order valence-electron chi connectivity index (χ4n) is 2.78. The van der Waals surface area contributed by atoms with Gasteiger partial charge >= 0.3 is 0 Å². The van der Waals surface area contributed by atoms with E-state index in [9.17, 15) is 4.39 Å². The summed E-state index contributed by atoms with van der Waals surface area (Å²) < 4.78 is 12.8. The number of benzene rings is 1. The number of halogens is 1. The molecule has 0 spiro atoms. The first-order chi connectivity index (χ1) is 8.74. The van der Waals surface area contributed by atoms with Gasteiger partial charge in [-0.25, -0.2) is 4.39 Å². The first-order valence-corrected chi connectivity index (χ1v) is 6.88. The van der Waals surface area contributed by atoms with Gasteiger partial charge in [-0.15, -0.1) is 0 Å². The maximum Gasteiger partial charge on any atom is 0.107 e. The van der Waals surface area contributed by atoms with Crippen LogP contribution in [0.1, 0.15) is 32.3 Å². The Kier molecular flexibility index (Phi) is 4.23. The predicted octanol–water partition coefficient (Wildman–Crippen LogP) is 3.12. The Bertz CT molecular complexity index is 388. The molecule has 0 saturated carbocycles. The molecular weight excluding hydrogens is 227 g/mol. The van der Waals surface area contributed by atoms with Crippen LogP contribution in [0.25, 0.3) is 0 Å². The number of alkyl halides is 1. The van der Waals surface area contributed by atoms with E-state index >= 15 is 0 Å². The lowest BCUT2D eigenvalue weighted by Crippen LogP contribution is -2.51. The van der Waals surface area contributed by atoms with Gasteiger partial charge in [0.2, 0.25) is 0 Å². The summed E-state index contributed by atoms with van der Waals surface area (Å²) >= 11 is 0. The topological polar surface area (TPSA) is 15.3 Å². The minimum Gasteiger partial charge on any atom is -0.367 e. The Labute approximate surface area is 109 Å². The maximum absolute atomic E-state index is 12.8. The summed E-state index contributed by atoms with van der Waals surface area (Å²) in [5.41, 5.74) is 2.56. The standard InChI is InChI=1S/C15H23FN2/c1-3-15(4-2)12-18(10-9-16)14-8-6-5-7-13(14)11-17-15/h5-8,17H,3-4,9-12H2,1-2H3. The first-order valence-electron chi connectivity index (χ1n) is 6.88. The van der Waals surface area contributed by atoms with E-state index in [-0.39, 0.29) is 12.2 Å². The third-order valence-electron chi connectivity index (χ3n) is 4.19. The van der Waals surface area contributed by atoms with Crippen molar-refractivity contribution in [2.75, 3.05) is 24.7 Å². The summed E-state index contributed by atoms with van der Waals surface area (Å²) in [5, 5.41) is 3.67. The Balaban J connectivity index is 2.33. The highest BCUT2D eigenvalue weighted by atomic mass is 19.1. The molecule has 2 rings (SSSR count). The number of anilines is 1. The van der Waals surface area contributed by atoms with Crippen molar-refractivity contribution in [2.24, 2.45) is 0 Å². The second kappa shape index (κ2) is 5.70. The lowest BCUT2D eigenvalue weighted by molar-refractivity contribution is 0.304. The number of nitrogens with zero attached hydrogens (tertiary/aromatic N) is 1. The first kappa shape index (κ1) is 13.3. The second-order valence-corrected chi connectivity index (χ2v) is 5.08. The fourth-order valence-corrected chi connectivity index (χ4v) is 2.78. The molecule has 1 N–H and O–H groups in total. The number of hydrogen-bond donors (Lipinski definition) is 1. The smallest absolute Gasteiger partial charge is 0.107 e. The van der Waals surface area contributed by atoms with Crippen molar-refractivity contribution in [1.82, 2.24) is 5.32 Å². The van der Waals surface area contributed by atoms with Gasteiger partial charge in [-0.05, 0) is 24.5 Å². The van der Waals surface area contributed by atoms with Gasteiger partial charge in [0, 0.05) is 30.9 Å². The highest BCUT2D eigenvalue weighted by molar-refractivity contribution is 5.55. The van der Waals surface area contributed by atoms with Crippen LogP contribution in [0.5, 0.6) is 0 Å². The summed E-state index contributed by atoms with van der Waals surface area (Å²) in [6, 6.07) is 8.33. The molecular formula is C15H23FN2. The summed E-state index contributed by atoms with van der Waals surface area (Å²) in [6.45, 7) is 6.38. The summed E-state index contributed by atoms with van der Waals surface area (Å²) in [5.74, 6) is 0. The van der Waals surface area contributed by atoms with Crippen LogP contribution in [-0.4, -0.2) is 25.3 Å². The number of hydrogen-bond acceptors (Lipinski definition) is 2. The van der Waals surface area contributed by atoms with Gasteiger partial charge in [0.15, 0.2) is 0 Å². The van der Waals surface area contributed by atoms with Crippen LogP contribution in [0.4, 0.5) is 10.1 Å². The van der Waals surface area contributed by atoms with Gasteiger partial charge in [0.25, 0.3) is 0 Å². The summed E-state index contributed by atoms with van der Waals surface area (Å²) in [6.07, 6.45) is 2.14. The highest BCUT2D eigenvalue weighted by Crippen LogP contribution is 2.29. The molecule has 1 aromatic carbocycles. The van der Waals surface area contributed by atoms with Crippen LogP contribution < -0.4 is 10.2 Å². The van der Waals surface area contributed by atoms with Crippen molar-refractivity contribution in [3.05, 3.63) is 29.8 Å². The zero-order valence-corrected chi connectivity index (χ0v) is 11.4. The maximum atomic E-state index is 12.8. The molecule has 0 amide bonds. The average molecular weight is 250 g/mol. The molecule has 1 aliphatic heterocycles. The van der Waals surface area contributed by atoms with Gasteiger partial charge in [-0.3, -0.25) is 0 Å². The molecule has 0 saturated heterocycles. The van der Waals surface area contributed by atoms with Gasteiger partial charge in [-0.1, -0.05) is 32.0 Å². The van der Waals surface area contributed by atoms with Gasteiger partial charge in [0.05, 0.1) is 0 Å². The Hall–Kier alpha value is -1.09. The summed E-state index contributed by atoms with van der Waals surface area (Å²) in [7, 11) is 0. The fraction of sp³-hybridized carbons (Fsp3) is 0.600. The minimum absolute atomic E-state index is 0.105. The number of fused-ring (bicyclic) bond motifs is 1. The van der Waals surface area contributed by atoms with E-state index in [0.717, 1.165) is 25.9 Å². The lowest BCUT2D eigenvalue weighted by atomic mass is 9.92. The molecule has 1 heterocycles. The summed E-state index contributed by atoms with van der Waals surface area (Å²) in [4.78, 5) is 2.20. The van der Waals surface area contributed by atoms with Crippen molar-refractivity contribution in [2.45, 2.75) is 38.8 Å². The molecule has 0 radical (unpaired) electrons. The van der Waals surface area contributed by atoms with E-state index in [0.29, 0.717) is 6.54 Å². The molecule has 0 unspecified atom stereocenters. The van der Waals surface area contributed by atoms with Crippen molar-refractivity contribution >= 4 is 5.69 Å². The van der Waals surface area contributed by atoms with Crippen LogP contribution in [0.3, 0.4) is 0 Å². The lowest BCUT2D eigenvalue weighted by Gasteiger charge is -2.36. The SMILES string of the molecule is CCC1(CC)CN(CCF)c2ccccc2CN1. The van der Waals surface area contributed by atoms with Crippen molar-refractivity contribution in [1.29, 1.82) is 0 Å². The molecule has 2 nitrogen and oxygen atoms in total. The largest absolute Gasteiger partial charge is 0.367 e. The number of nitrogens with one attached hydrogen (secondary N) is 1. The third kappa shape index (κ3) is 2.51. The normalized spacial score (nSPS) is 18.3. The molecule has 1 aliphatic rings. The molecule has 0 fully saturated rings. The van der Waals surface area contributed by atoms with Crippen molar-refractivity contribution in [3.8, 4) is 0 Å². The molecule has 0 atom stereocenters. The van der Waals surface area contributed by atoms with E-state index in [4.69, 9.17) is 0 Å². The molecule has 3 heteroatoms. The zero-order chi connectivity index (χ0) is 13.0. The minimum atomic E-state index is -0.294. The molecule has 1 aromatic rings. The number of rotatable bonds is 4. The monoisotopic (exact) mass is 250 g/mol. The van der Waals surface area contributed by atoms with Gasteiger partial charge < -0.3 is 10.2 Å². The van der Waals surface area contributed by atoms with Crippen LogP contribution in [0, 0.1) is 0 Å². The zero-order valence-electron chi connectivity index (χ0n) is 11.4. The van der Waals surface area contributed by atoms with Crippen LogP contribution in [0.2, 0.25) is 0 Å². The van der Waals surface area contributed by atoms with Crippen LogP contribution in [0.15, 0.2) is 24.3 Å². The Morgan fingerprint density at radius 1 is 1.28 bits per heavy atom. The second-order valence-electron chi connectivity index (χ2n) is 5.08. The molecule has 100 valence electrons. The van der Waals surface area contributed by atoms with Gasteiger partial charge in [0.1, 0.15) is 6.67 Å². The highest BCUT2D eigenvalue weighted by Gasteiger charge is 2.31. The van der Waals surface area contributed by atoms with E-state index in [1.54, 1.807) is 0 Å². The van der Waals surface area contributed by atoms with Crippen molar-refractivity contribution in [3.63, 3.8) is 0 Å². The van der Waals surface area contributed by atoms with E-state index < -0.39 is 0 Å². The van der Waals surface area contributed by atoms with Crippen molar-refractivity contribution < 1.29 is 4.39 Å². The van der Waals surface area contributed by atoms with Crippen LogP contribution in [-0.2, 0) is 6.54 Å². The Morgan fingerprint density at radius 3 is 2.67 bits per heavy atom. The molecule has 0 aromatic heterocycles. The predicted molar refractivity (Wildman–Crippen MR) is 74.8 cm³/mol. The third-order valence-corrected chi connectivity index (χ3v) is 4.19. The molecule has 0 aliphatic carbocycles. The van der Waals surface area contributed by atoms with E-state index in [2.05, 4.69) is 42.3 Å². The van der Waals surface area contributed by atoms with E-state index in [1.165, 1.54) is 11.3 Å². The average Bonchev–Trinajstić information content (AvgIpc) is 2.58. The molecule has 0 bridgehead atoms. The molecule has 18 heavy (non-hydrogen) atoms. The van der Waals surface area contributed by atoms with Crippen LogP contribution >= 0.6 is 0 Å². The van der Waals surface area contributed by atoms with Gasteiger partial charge in [-0.2, -0.15) is 0 Å². The Morgan fingerprint density at radius 2 is 2.00 bits per heavy atom. The van der Waals surface area contributed by atoms with E-state index in [1.807, 2.05) is 6.07 Å². The quantitative estimate of drug-likeness (QED) is 0.883. The number of para-hydroxylation sites is 1.